The summed E-state index contributed by atoms with van der Waals surface area (Å²) in [5, 5.41) is 3.37. The van der Waals surface area contributed by atoms with Crippen LogP contribution in [0.1, 0.15) is 25.3 Å². The first-order chi connectivity index (χ1) is 12.5. The van der Waals surface area contributed by atoms with E-state index in [9.17, 15) is 4.79 Å². The van der Waals surface area contributed by atoms with Gasteiger partial charge in [-0.25, -0.2) is 0 Å². The number of guanidine groups is 1. The molecule has 0 bridgehead atoms. The van der Waals surface area contributed by atoms with E-state index in [1.54, 1.807) is 0 Å². The molecule has 27 heavy (non-hydrogen) atoms. The van der Waals surface area contributed by atoms with Crippen molar-refractivity contribution in [2.75, 3.05) is 52.3 Å². The van der Waals surface area contributed by atoms with Crippen molar-refractivity contribution in [3.63, 3.8) is 0 Å². The third-order valence-corrected chi connectivity index (χ3v) is 4.78. The first-order valence-electron chi connectivity index (χ1n) is 9.42. The fraction of sp³-hybridized carbons (Fsp3) is 0.600. The second-order valence-corrected chi connectivity index (χ2v) is 6.83. The van der Waals surface area contributed by atoms with Gasteiger partial charge in [-0.3, -0.25) is 9.79 Å². The molecule has 0 aliphatic carbocycles. The third kappa shape index (κ3) is 7.20. The number of hydrogen-bond acceptors (Lipinski definition) is 4. The van der Waals surface area contributed by atoms with E-state index in [1.165, 1.54) is 18.4 Å². The lowest BCUT2D eigenvalue weighted by Gasteiger charge is -2.33. The second-order valence-electron chi connectivity index (χ2n) is 6.83. The Morgan fingerprint density at radius 3 is 2.41 bits per heavy atom. The molecule has 152 valence electrons. The number of esters is 1. The number of methoxy groups -OCH3 is 1. The largest absolute Gasteiger partial charge is 0.469 e. The topological polar surface area (TPSA) is 57.2 Å². The first-order valence-corrected chi connectivity index (χ1v) is 9.42. The van der Waals surface area contributed by atoms with Crippen molar-refractivity contribution >= 4 is 41.6 Å². The molecular weight excluding hydrogens is 455 g/mol. The number of benzene rings is 1. The lowest BCUT2D eigenvalue weighted by Crippen LogP contribution is -2.46. The van der Waals surface area contributed by atoms with Crippen LogP contribution in [-0.2, 0) is 16.0 Å². The molecule has 0 radical (unpaired) electrons. The van der Waals surface area contributed by atoms with E-state index < -0.39 is 0 Å². The van der Waals surface area contributed by atoms with E-state index in [4.69, 9.17) is 9.73 Å². The number of nitrogens with one attached hydrogen (secondary N) is 1. The summed E-state index contributed by atoms with van der Waals surface area (Å²) in [7, 11) is 5.56. The van der Waals surface area contributed by atoms with Gasteiger partial charge in [-0.05, 0) is 43.9 Å². The van der Waals surface area contributed by atoms with Crippen LogP contribution < -0.4 is 10.2 Å². The van der Waals surface area contributed by atoms with E-state index >= 15 is 0 Å². The average molecular weight is 488 g/mol. The van der Waals surface area contributed by atoms with Gasteiger partial charge in [0.25, 0.3) is 0 Å². The smallest absolute Gasteiger partial charge is 0.308 e. The van der Waals surface area contributed by atoms with E-state index in [0.29, 0.717) is 0 Å². The van der Waals surface area contributed by atoms with Crippen LogP contribution in [0.2, 0.25) is 0 Å². The van der Waals surface area contributed by atoms with Crippen LogP contribution in [0.3, 0.4) is 0 Å². The van der Waals surface area contributed by atoms with Crippen LogP contribution in [0.25, 0.3) is 0 Å². The van der Waals surface area contributed by atoms with Gasteiger partial charge in [-0.1, -0.05) is 12.1 Å². The molecule has 0 spiro atoms. The van der Waals surface area contributed by atoms with Gasteiger partial charge in [-0.15, -0.1) is 24.0 Å². The number of ether oxygens (including phenoxy) is 1. The Bertz CT molecular complexity index is 597. The summed E-state index contributed by atoms with van der Waals surface area (Å²) in [6.07, 6.45) is 2.56. The van der Waals surface area contributed by atoms with Gasteiger partial charge in [0.05, 0.1) is 13.0 Å². The standard InChI is InChI=1S/C20H32N4O2.HI/c1-5-21-20(24-14-11-17(12-15-24)19(25)26-4)22-13-10-16-6-8-18(9-7-16)23(2)3;/h6-9,17H,5,10-15H2,1-4H3,(H,21,22);1H. The fourth-order valence-electron chi connectivity index (χ4n) is 3.17. The molecule has 1 aliphatic rings. The van der Waals surface area contributed by atoms with Crippen LogP contribution in [0.4, 0.5) is 5.69 Å². The quantitative estimate of drug-likeness (QED) is 0.289. The zero-order valence-electron chi connectivity index (χ0n) is 16.9. The van der Waals surface area contributed by atoms with Gasteiger partial charge in [0, 0.05) is 46.0 Å². The van der Waals surface area contributed by atoms with E-state index in [-0.39, 0.29) is 35.9 Å². The molecule has 1 aromatic carbocycles. The molecule has 1 fully saturated rings. The number of aliphatic imine (C=N–C) groups is 1. The normalized spacial score (nSPS) is 15.1. The van der Waals surface area contributed by atoms with Gasteiger partial charge in [0.2, 0.25) is 0 Å². The van der Waals surface area contributed by atoms with Crippen LogP contribution in [0, 0.1) is 5.92 Å². The monoisotopic (exact) mass is 488 g/mol. The van der Waals surface area contributed by atoms with Crippen molar-refractivity contribution < 1.29 is 9.53 Å². The summed E-state index contributed by atoms with van der Waals surface area (Å²) in [5.41, 5.74) is 2.50. The van der Waals surface area contributed by atoms with Crippen molar-refractivity contribution in [1.29, 1.82) is 0 Å². The Labute approximate surface area is 180 Å². The molecule has 0 aromatic heterocycles. The van der Waals surface area contributed by atoms with Crippen molar-refractivity contribution in [2.24, 2.45) is 10.9 Å². The van der Waals surface area contributed by atoms with Gasteiger partial charge >= 0.3 is 5.97 Å². The summed E-state index contributed by atoms with van der Waals surface area (Å²) >= 11 is 0. The number of carbonyl (C=O) groups is 1. The summed E-state index contributed by atoms with van der Waals surface area (Å²) < 4.78 is 4.86. The Balaban J connectivity index is 0.00000364. The van der Waals surface area contributed by atoms with Crippen LogP contribution in [-0.4, -0.2) is 64.2 Å². The summed E-state index contributed by atoms with van der Waals surface area (Å²) in [6.45, 7) is 5.34. The van der Waals surface area contributed by atoms with E-state index in [0.717, 1.165) is 51.4 Å². The highest BCUT2D eigenvalue weighted by atomic mass is 127. The zero-order valence-corrected chi connectivity index (χ0v) is 19.2. The fourth-order valence-corrected chi connectivity index (χ4v) is 3.17. The van der Waals surface area contributed by atoms with Gasteiger partial charge in [0.1, 0.15) is 0 Å². The van der Waals surface area contributed by atoms with E-state index in [2.05, 4.69) is 46.3 Å². The SMILES string of the molecule is CCNC(=NCCc1ccc(N(C)C)cc1)N1CCC(C(=O)OC)CC1.I. The van der Waals surface area contributed by atoms with Crippen molar-refractivity contribution in [3.8, 4) is 0 Å². The van der Waals surface area contributed by atoms with E-state index in [1.807, 2.05) is 14.1 Å². The lowest BCUT2D eigenvalue weighted by molar-refractivity contribution is -0.146. The van der Waals surface area contributed by atoms with Gasteiger partial charge < -0.3 is 19.9 Å². The minimum atomic E-state index is -0.0900. The minimum absolute atomic E-state index is 0. The molecule has 0 unspecified atom stereocenters. The molecule has 0 amide bonds. The van der Waals surface area contributed by atoms with Crippen LogP contribution >= 0.6 is 24.0 Å². The number of anilines is 1. The number of likely N-dealkylation sites (tertiary alicyclic amines) is 1. The summed E-state index contributed by atoms with van der Waals surface area (Å²) in [6, 6.07) is 8.61. The van der Waals surface area contributed by atoms with Gasteiger partial charge in [0.15, 0.2) is 5.96 Å². The Morgan fingerprint density at radius 2 is 1.89 bits per heavy atom. The molecule has 1 N–H and O–H groups in total. The van der Waals surface area contributed by atoms with Crippen LogP contribution in [0.15, 0.2) is 29.3 Å². The number of rotatable bonds is 6. The number of piperidine rings is 1. The van der Waals surface area contributed by atoms with Crippen molar-refractivity contribution in [2.45, 2.75) is 26.2 Å². The Hall–Kier alpha value is -1.51. The molecule has 1 aromatic rings. The third-order valence-electron chi connectivity index (χ3n) is 4.78. The summed E-state index contributed by atoms with van der Waals surface area (Å²) in [4.78, 5) is 20.8. The number of carbonyl (C=O) groups excluding carboxylic acids is 1. The first kappa shape index (κ1) is 23.5. The molecule has 1 aliphatic heterocycles. The average Bonchev–Trinajstić information content (AvgIpc) is 2.67. The molecule has 1 saturated heterocycles. The Kier molecular flexibility index (Phi) is 10.5. The molecule has 2 rings (SSSR count). The maximum atomic E-state index is 11.7. The number of halogens is 1. The summed E-state index contributed by atoms with van der Waals surface area (Å²) in [5.74, 6) is 0.878. The molecule has 7 heteroatoms. The molecular formula is C20H33IN4O2. The lowest BCUT2D eigenvalue weighted by atomic mass is 9.97. The Morgan fingerprint density at radius 1 is 1.26 bits per heavy atom. The maximum absolute atomic E-state index is 11.7. The predicted molar refractivity (Wildman–Crippen MR) is 122 cm³/mol. The molecule has 0 atom stereocenters. The predicted octanol–water partition coefficient (Wildman–Crippen LogP) is 2.76. The molecule has 0 saturated carbocycles. The van der Waals surface area contributed by atoms with Crippen molar-refractivity contribution in [3.05, 3.63) is 29.8 Å². The van der Waals surface area contributed by atoms with Crippen LogP contribution in [0.5, 0.6) is 0 Å². The highest BCUT2D eigenvalue weighted by molar-refractivity contribution is 14.0. The highest BCUT2D eigenvalue weighted by Gasteiger charge is 2.26. The van der Waals surface area contributed by atoms with Crippen molar-refractivity contribution in [1.82, 2.24) is 10.2 Å². The second kappa shape index (κ2) is 12.0. The molecule has 6 nitrogen and oxygen atoms in total. The number of hydrogen-bond donors (Lipinski definition) is 1. The minimum Gasteiger partial charge on any atom is -0.469 e. The number of nitrogens with zero attached hydrogens (tertiary/aromatic N) is 3. The zero-order chi connectivity index (χ0) is 18.9. The maximum Gasteiger partial charge on any atom is 0.308 e. The van der Waals surface area contributed by atoms with Gasteiger partial charge in [-0.2, -0.15) is 0 Å². The highest BCUT2D eigenvalue weighted by Crippen LogP contribution is 2.18. The molecule has 1 heterocycles.